The minimum absolute atomic E-state index is 0.0487. The van der Waals surface area contributed by atoms with Gasteiger partial charge in [-0.1, -0.05) is 53.9 Å². The van der Waals surface area contributed by atoms with Gasteiger partial charge in [0.15, 0.2) is 0 Å². The molecule has 10 nitrogen and oxygen atoms in total. The normalized spacial score (nSPS) is 28.5. The third-order valence-electron chi connectivity index (χ3n) is 9.92. The summed E-state index contributed by atoms with van der Waals surface area (Å²) in [7, 11) is 0. The van der Waals surface area contributed by atoms with Crippen molar-refractivity contribution in [2.75, 3.05) is 54.4 Å². The largest absolute Gasteiger partial charge is 0.395 e. The zero-order chi connectivity index (χ0) is 32.1. The quantitative estimate of drug-likeness (QED) is 0.207. The summed E-state index contributed by atoms with van der Waals surface area (Å²) in [6, 6.07) is 1.83. The maximum absolute atomic E-state index is 9.71. The summed E-state index contributed by atoms with van der Waals surface area (Å²) in [6.45, 7) is 19.9. The van der Waals surface area contributed by atoms with Crippen molar-refractivity contribution in [2.24, 2.45) is 11.3 Å². The van der Waals surface area contributed by atoms with Crippen LogP contribution in [0.1, 0.15) is 119 Å². The number of nitrogens with one attached hydrogen (secondary N) is 3. The summed E-state index contributed by atoms with van der Waals surface area (Å²) in [6.07, 6.45) is 12.5. The molecule has 44 heavy (non-hydrogen) atoms. The van der Waals surface area contributed by atoms with E-state index >= 15 is 0 Å². The first-order valence-corrected chi connectivity index (χ1v) is 17.9. The molecule has 0 bridgehead atoms. The molecule has 3 fully saturated rings. The van der Waals surface area contributed by atoms with E-state index in [4.69, 9.17) is 15.0 Å². The smallest absolute Gasteiger partial charge is 0.232 e. The highest BCUT2D eigenvalue weighted by atomic mass is 16.3. The highest BCUT2D eigenvalue weighted by Gasteiger charge is 2.35. The standard InChI is InChI=1S/C25H48N8O.C9H18O/c1-5-7-14-32(21-9-11-26-19(3)17-21)24-29-23(28-13-16-34)30-25(31-24)33(15-8-6-2)22-10-12-27-20(4)18-22;1-7-5-4-6-9(2,3)8(7)10/h19-22,26-27,34H,5-18H2,1-4H3,(H,28,29,30,31);7-8,10H,4-6H2,1-3H3. The van der Waals surface area contributed by atoms with Crippen molar-refractivity contribution in [3.05, 3.63) is 0 Å². The van der Waals surface area contributed by atoms with E-state index in [1.807, 2.05) is 0 Å². The number of rotatable bonds is 13. The van der Waals surface area contributed by atoms with Gasteiger partial charge in [0.2, 0.25) is 17.8 Å². The molecular formula is C34H66N8O2. The molecule has 0 spiro atoms. The number of unbranched alkanes of at least 4 members (excludes halogenated alkanes) is 2. The molecule has 1 aliphatic carbocycles. The van der Waals surface area contributed by atoms with Crippen molar-refractivity contribution in [2.45, 2.75) is 149 Å². The Morgan fingerprint density at radius 3 is 1.77 bits per heavy atom. The Kier molecular flexibility index (Phi) is 15.4. The van der Waals surface area contributed by atoms with Crippen molar-refractivity contribution < 1.29 is 10.2 Å². The van der Waals surface area contributed by atoms with Crippen molar-refractivity contribution >= 4 is 17.8 Å². The van der Waals surface area contributed by atoms with E-state index in [1.165, 1.54) is 19.3 Å². The molecular weight excluding hydrogens is 552 g/mol. The molecule has 5 N–H and O–H groups in total. The van der Waals surface area contributed by atoms with Crippen LogP contribution in [0.5, 0.6) is 0 Å². The van der Waals surface area contributed by atoms with Gasteiger partial charge in [-0.2, -0.15) is 15.0 Å². The fourth-order valence-electron chi connectivity index (χ4n) is 7.14. The first kappa shape index (κ1) is 36.7. The molecule has 3 heterocycles. The summed E-state index contributed by atoms with van der Waals surface area (Å²) >= 11 is 0. The SMILES string of the molecule is CC1CCCC(C)(C)C1O.CCCCN(c1nc(NCCO)nc(N(CCCC)C2CCNC(C)C2)n1)C1CCNC(C)C1. The van der Waals surface area contributed by atoms with Crippen molar-refractivity contribution in [1.29, 1.82) is 0 Å². The Morgan fingerprint density at radius 1 is 0.841 bits per heavy atom. The number of aromatic nitrogens is 3. The molecule has 6 unspecified atom stereocenters. The minimum atomic E-state index is -0.0822. The Bertz CT molecular complexity index is 898. The molecule has 0 radical (unpaired) electrons. The van der Waals surface area contributed by atoms with Crippen molar-refractivity contribution in [1.82, 2.24) is 25.6 Å². The molecule has 10 heteroatoms. The van der Waals surface area contributed by atoms with E-state index in [2.05, 4.69) is 74.2 Å². The molecule has 3 aliphatic rings. The highest BCUT2D eigenvalue weighted by Crippen LogP contribution is 2.38. The van der Waals surface area contributed by atoms with E-state index in [0.29, 0.717) is 42.6 Å². The van der Waals surface area contributed by atoms with Crippen LogP contribution in [-0.4, -0.2) is 94.8 Å². The second-order valence-corrected chi connectivity index (χ2v) is 14.4. The van der Waals surface area contributed by atoms with Crippen LogP contribution in [0.2, 0.25) is 0 Å². The number of aliphatic hydroxyl groups is 2. The van der Waals surface area contributed by atoms with Gasteiger partial charge in [0.25, 0.3) is 0 Å². The average Bonchev–Trinajstić information content (AvgIpc) is 3.00. The molecule has 254 valence electrons. The van der Waals surface area contributed by atoms with Gasteiger partial charge in [0, 0.05) is 43.8 Å². The topological polar surface area (TPSA) is 122 Å². The predicted molar refractivity (Wildman–Crippen MR) is 184 cm³/mol. The molecule has 0 amide bonds. The number of hydrogen-bond acceptors (Lipinski definition) is 10. The highest BCUT2D eigenvalue weighted by molar-refractivity contribution is 5.47. The van der Waals surface area contributed by atoms with Crippen LogP contribution in [0.4, 0.5) is 17.8 Å². The second kappa shape index (κ2) is 18.4. The fourth-order valence-corrected chi connectivity index (χ4v) is 7.14. The lowest BCUT2D eigenvalue weighted by atomic mass is 9.70. The average molecular weight is 619 g/mol. The summed E-state index contributed by atoms with van der Waals surface area (Å²) in [5.74, 6) is 2.63. The molecule has 1 aromatic heterocycles. The van der Waals surface area contributed by atoms with Crippen LogP contribution in [-0.2, 0) is 0 Å². The maximum Gasteiger partial charge on any atom is 0.232 e. The van der Waals surface area contributed by atoms with Crippen LogP contribution < -0.4 is 25.8 Å². The lowest BCUT2D eigenvalue weighted by molar-refractivity contribution is -0.0254. The lowest BCUT2D eigenvalue weighted by Crippen LogP contribution is -2.49. The summed E-state index contributed by atoms with van der Waals surface area (Å²) < 4.78 is 0. The minimum Gasteiger partial charge on any atom is -0.395 e. The summed E-state index contributed by atoms with van der Waals surface area (Å²) in [5, 5.41) is 29.5. The Balaban J connectivity index is 0.000000448. The third kappa shape index (κ3) is 11.0. The van der Waals surface area contributed by atoms with E-state index in [9.17, 15) is 10.2 Å². The summed E-state index contributed by atoms with van der Waals surface area (Å²) in [5.41, 5.74) is 0.164. The van der Waals surface area contributed by atoms with Gasteiger partial charge in [-0.15, -0.1) is 0 Å². The van der Waals surface area contributed by atoms with Crippen LogP contribution in [0.3, 0.4) is 0 Å². The number of nitrogens with zero attached hydrogens (tertiary/aromatic N) is 5. The van der Waals surface area contributed by atoms with Gasteiger partial charge < -0.3 is 36.0 Å². The number of hydrogen-bond donors (Lipinski definition) is 5. The van der Waals surface area contributed by atoms with Gasteiger partial charge in [0.1, 0.15) is 0 Å². The summed E-state index contributed by atoms with van der Waals surface area (Å²) in [4.78, 5) is 19.7. The van der Waals surface area contributed by atoms with E-state index in [0.717, 1.165) is 89.4 Å². The first-order valence-electron chi connectivity index (χ1n) is 17.9. The Labute approximate surface area is 268 Å². The van der Waals surface area contributed by atoms with E-state index in [1.54, 1.807) is 0 Å². The molecule has 6 atom stereocenters. The number of anilines is 3. The zero-order valence-electron chi connectivity index (χ0n) is 29.1. The van der Waals surface area contributed by atoms with Crippen LogP contribution in [0.25, 0.3) is 0 Å². The lowest BCUT2D eigenvalue weighted by Gasteiger charge is -2.39. The molecule has 1 aromatic rings. The zero-order valence-corrected chi connectivity index (χ0v) is 29.1. The van der Waals surface area contributed by atoms with Crippen molar-refractivity contribution in [3.63, 3.8) is 0 Å². The van der Waals surface area contributed by atoms with Crippen LogP contribution in [0.15, 0.2) is 0 Å². The molecule has 4 rings (SSSR count). The van der Waals surface area contributed by atoms with Crippen LogP contribution in [0, 0.1) is 11.3 Å². The monoisotopic (exact) mass is 619 g/mol. The molecule has 2 aliphatic heterocycles. The van der Waals surface area contributed by atoms with Gasteiger partial charge in [-0.05, 0) is 89.6 Å². The molecule has 0 aromatic carbocycles. The van der Waals surface area contributed by atoms with Crippen LogP contribution >= 0.6 is 0 Å². The maximum atomic E-state index is 9.71. The number of aliphatic hydroxyl groups excluding tert-OH is 2. The van der Waals surface area contributed by atoms with Crippen molar-refractivity contribution in [3.8, 4) is 0 Å². The molecule has 1 saturated carbocycles. The van der Waals surface area contributed by atoms with Gasteiger partial charge in [0.05, 0.1) is 12.7 Å². The predicted octanol–water partition coefficient (Wildman–Crippen LogP) is 4.96. The third-order valence-corrected chi connectivity index (χ3v) is 9.92. The van der Waals surface area contributed by atoms with E-state index in [-0.39, 0.29) is 18.1 Å². The first-order chi connectivity index (χ1) is 21.1. The molecule has 2 saturated heterocycles. The number of piperidine rings is 2. The Morgan fingerprint density at radius 2 is 1.36 bits per heavy atom. The Hall–Kier alpha value is -1.75. The van der Waals surface area contributed by atoms with Gasteiger partial charge >= 0.3 is 0 Å². The second-order valence-electron chi connectivity index (χ2n) is 14.4. The van der Waals surface area contributed by atoms with Gasteiger partial charge in [-0.3, -0.25) is 0 Å². The fraction of sp³-hybridized carbons (Fsp3) is 0.912. The van der Waals surface area contributed by atoms with E-state index < -0.39 is 0 Å². The van der Waals surface area contributed by atoms with Gasteiger partial charge in [-0.25, -0.2) is 0 Å².